The zero-order valence-corrected chi connectivity index (χ0v) is 10.4. The Kier molecular flexibility index (Phi) is 4.14. The minimum absolute atomic E-state index is 0.387. The van der Waals surface area contributed by atoms with Gasteiger partial charge in [-0.05, 0) is 24.3 Å². The van der Waals surface area contributed by atoms with E-state index in [1.165, 1.54) is 6.07 Å². The molecule has 2 aromatic carbocycles. The average Bonchev–Trinajstić information content (AvgIpc) is 2.41. The van der Waals surface area contributed by atoms with Gasteiger partial charge in [0.15, 0.2) is 24.0 Å². The molecule has 0 saturated heterocycles. The minimum Gasteiger partial charge on any atom is -0.478 e. The highest BCUT2D eigenvalue weighted by Crippen LogP contribution is 2.21. The first-order valence-electron chi connectivity index (χ1n) is 5.79. The van der Waals surface area contributed by atoms with Gasteiger partial charge in [0.1, 0.15) is 0 Å². The molecule has 0 saturated carbocycles. The van der Waals surface area contributed by atoms with E-state index < -0.39 is 29.9 Å². The van der Waals surface area contributed by atoms with Crippen LogP contribution in [0.4, 0.5) is 20.2 Å². The molecule has 6 heteroatoms. The normalized spacial score (nSPS) is 10.1. The van der Waals surface area contributed by atoms with Gasteiger partial charge >= 0.3 is 0 Å². The van der Waals surface area contributed by atoms with Crippen LogP contribution < -0.4 is 15.8 Å². The van der Waals surface area contributed by atoms with Crippen LogP contribution in [-0.4, -0.2) is 12.5 Å². The van der Waals surface area contributed by atoms with Crippen molar-refractivity contribution in [1.29, 1.82) is 0 Å². The SMILES string of the molecule is Nc1ccccc1NC(=O)COc1c(F)cccc1F. The second kappa shape index (κ2) is 6.01. The third-order valence-corrected chi connectivity index (χ3v) is 2.50. The van der Waals surface area contributed by atoms with Crippen LogP contribution in [0.25, 0.3) is 0 Å². The van der Waals surface area contributed by atoms with Crippen LogP contribution in [0.2, 0.25) is 0 Å². The summed E-state index contributed by atoms with van der Waals surface area (Å²) in [7, 11) is 0. The Bertz CT molecular complexity index is 612. The van der Waals surface area contributed by atoms with Crippen molar-refractivity contribution in [2.75, 3.05) is 17.7 Å². The molecule has 1 amide bonds. The molecule has 3 N–H and O–H groups in total. The maximum absolute atomic E-state index is 13.3. The Morgan fingerprint density at radius 2 is 1.75 bits per heavy atom. The molecule has 4 nitrogen and oxygen atoms in total. The first-order chi connectivity index (χ1) is 9.58. The van der Waals surface area contributed by atoms with Crippen LogP contribution >= 0.6 is 0 Å². The fraction of sp³-hybridized carbons (Fsp3) is 0.0714. The van der Waals surface area contributed by atoms with Crippen molar-refractivity contribution in [3.05, 3.63) is 54.1 Å². The summed E-state index contributed by atoms with van der Waals surface area (Å²) in [5.74, 6) is -2.87. The van der Waals surface area contributed by atoms with Gasteiger partial charge in [-0.1, -0.05) is 18.2 Å². The number of ether oxygens (including phenoxy) is 1. The van der Waals surface area contributed by atoms with E-state index in [0.29, 0.717) is 11.4 Å². The van der Waals surface area contributed by atoms with Crippen LogP contribution in [0.15, 0.2) is 42.5 Å². The summed E-state index contributed by atoms with van der Waals surface area (Å²) in [4.78, 5) is 11.6. The number of nitrogens with two attached hydrogens (primary N) is 1. The maximum Gasteiger partial charge on any atom is 0.262 e. The highest BCUT2D eigenvalue weighted by Gasteiger charge is 2.12. The number of nitrogen functional groups attached to an aromatic ring is 1. The Labute approximate surface area is 114 Å². The monoisotopic (exact) mass is 278 g/mol. The number of benzene rings is 2. The number of carbonyl (C=O) groups excluding carboxylic acids is 1. The second-order valence-corrected chi connectivity index (χ2v) is 3.97. The number of halogens is 2. The summed E-state index contributed by atoms with van der Waals surface area (Å²) < 4.78 is 31.4. The summed E-state index contributed by atoms with van der Waals surface area (Å²) in [5, 5.41) is 2.49. The molecular weight excluding hydrogens is 266 g/mol. The number of hydrogen-bond donors (Lipinski definition) is 2. The number of amides is 1. The summed E-state index contributed by atoms with van der Waals surface area (Å²) in [6, 6.07) is 9.95. The predicted molar refractivity (Wildman–Crippen MR) is 71.3 cm³/mol. The second-order valence-electron chi connectivity index (χ2n) is 3.97. The molecule has 0 aliphatic carbocycles. The van der Waals surface area contributed by atoms with E-state index in [9.17, 15) is 13.6 Å². The van der Waals surface area contributed by atoms with Gasteiger partial charge in [-0.15, -0.1) is 0 Å². The summed E-state index contributed by atoms with van der Waals surface area (Å²) >= 11 is 0. The third kappa shape index (κ3) is 3.23. The lowest BCUT2D eigenvalue weighted by atomic mass is 10.2. The fourth-order valence-electron chi connectivity index (χ4n) is 1.56. The molecule has 0 aromatic heterocycles. The molecule has 0 bridgehead atoms. The van der Waals surface area contributed by atoms with E-state index >= 15 is 0 Å². The van der Waals surface area contributed by atoms with E-state index in [0.717, 1.165) is 12.1 Å². The molecule has 0 atom stereocenters. The largest absolute Gasteiger partial charge is 0.478 e. The van der Waals surface area contributed by atoms with E-state index in [1.807, 2.05) is 0 Å². The smallest absolute Gasteiger partial charge is 0.262 e. The number of nitrogens with one attached hydrogen (secondary N) is 1. The Balaban J connectivity index is 1.98. The van der Waals surface area contributed by atoms with Gasteiger partial charge in [0.2, 0.25) is 0 Å². The molecule has 0 radical (unpaired) electrons. The molecule has 104 valence electrons. The molecule has 0 fully saturated rings. The zero-order chi connectivity index (χ0) is 14.5. The van der Waals surface area contributed by atoms with Crippen LogP contribution in [0.1, 0.15) is 0 Å². The number of anilines is 2. The number of carbonyl (C=O) groups is 1. The lowest BCUT2D eigenvalue weighted by Crippen LogP contribution is -2.21. The Morgan fingerprint density at radius 3 is 2.40 bits per heavy atom. The minimum atomic E-state index is -0.864. The number of rotatable bonds is 4. The van der Waals surface area contributed by atoms with Gasteiger partial charge < -0.3 is 15.8 Å². The highest BCUT2D eigenvalue weighted by molar-refractivity contribution is 5.94. The molecule has 0 unspecified atom stereocenters. The van der Waals surface area contributed by atoms with Crippen LogP contribution in [0.5, 0.6) is 5.75 Å². The van der Waals surface area contributed by atoms with Crippen LogP contribution in [0.3, 0.4) is 0 Å². The number of para-hydroxylation sites is 3. The molecule has 0 spiro atoms. The van der Waals surface area contributed by atoms with Gasteiger partial charge in [0.25, 0.3) is 5.91 Å². The molecule has 0 aliphatic heterocycles. The van der Waals surface area contributed by atoms with Gasteiger partial charge in [-0.3, -0.25) is 4.79 Å². The first-order valence-corrected chi connectivity index (χ1v) is 5.79. The summed E-state index contributed by atoms with van der Waals surface area (Å²) in [6.45, 7) is -0.522. The topological polar surface area (TPSA) is 64.3 Å². The van der Waals surface area contributed by atoms with Gasteiger partial charge in [0, 0.05) is 0 Å². The third-order valence-electron chi connectivity index (χ3n) is 2.50. The number of hydrogen-bond acceptors (Lipinski definition) is 3. The molecular formula is C14H12F2N2O2. The van der Waals surface area contributed by atoms with Crippen molar-refractivity contribution in [3.8, 4) is 5.75 Å². The molecule has 2 rings (SSSR count). The van der Waals surface area contributed by atoms with Crippen molar-refractivity contribution in [2.24, 2.45) is 0 Å². The van der Waals surface area contributed by atoms with E-state index in [-0.39, 0.29) is 0 Å². The highest BCUT2D eigenvalue weighted by atomic mass is 19.1. The Hall–Kier alpha value is -2.63. The van der Waals surface area contributed by atoms with E-state index in [4.69, 9.17) is 10.5 Å². The summed E-state index contributed by atoms with van der Waals surface area (Å²) in [6.07, 6.45) is 0. The van der Waals surface area contributed by atoms with E-state index in [1.54, 1.807) is 24.3 Å². The van der Waals surface area contributed by atoms with Crippen molar-refractivity contribution in [1.82, 2.24) is 0 Å². The summed E-state index contributed by atoms with van der Waals surface area (Å²) in [5.41, 5.74) is 6.45. The molecule has 2 aromatic rings. The average molecular weight is 278 g/mol. The predicted octanol–water partition coefficient (Wildman–Crippen LogP) is 2.56. The van der Waals surface area contributed by atoms with Gasteiger partial charge in [-0.2, -0.15) is 0 Å². The lowest BCUT2D eigenvalue weighted by molar-refractivity contribution is -0.118. The zero-order valence-electron chi connectivity index (χ0n) is 10.4. The standard InChI is InChI=1S/C14H12F2N2O2/c15-9-4-3-5-10(16)14(9)20-8-13(19)18-12-7-2-1-6-11(12)17/h1-7H,8,17H2,(H,18,19). The fourth-order valence-corrected chi connectivity index (χ4v) is 1.56. The lowest BCUT2D eigenvalue weighted by Gasteiger charge is -2.10. The first kappa shape index (κ1) is 13.8. The molecule has 0 aliphatic rings. The van der Waals surface area contributed by atoms with Crippen LogP contribution in [-0.2, 0) is 4.79 Å². The maximum atomic E-state index is 13.3. The quantitative estimate of drug-likeness (QED) is 0.845. The van der Waals surface area contributed by atoms with Gasteiger partial charge in [0.05, 0.1) is 11.4 Å². The van der Waals surface area contributed by atoms with Gasteiger partial charge in [-0.25, -0.2) is 8.78 Å². The molecule has 20 heavy (non-hydrogen) atoms. The Morgan fingerprint density at radius 1 is 1.10 bits per heavy atom. The van der Waals surface area contributed by atoms with E-state index in [2.05, 4.69) is 5.32 Å². The van der Waals surface area contributed by atoms with Crippen molar-refractivity contribution < 1.29 is 18.3 Å². The van der Waals surface area contributed by atoms with Crippen molar-refractivity contribution in [3.63, 3.8) is 0 Å². The van der Waals surface area contributed by atoms with Crippen molar-refractivity contribution in [2.45, 2.75) is 0 Å². The van der Waals surface area contributed by atoms with Crippen LogP contribution in [0, 0.1) is 11.6 Å². The van der Waals surface area contributed by atoms with Crippen molar-refractivity contribution >= 4 is 17.3 Å². The molecule has 0 heterocycles.